The average molecular weight is 474 g/mol. The van der Waals surface area contributed by atoms with Gasteiger partial charge in [-0.15, -0.1) is 0 Å². The molecule has 3 aromatic rings. The number of ether oxygens (including phenoxy) is 1. The second-order valence-corrected chi connectivity index (χ2v) is 9.19. The first-order chi connectivity index (χ1) is 17.1. The van der Waals surface area contributed by atoms with Gasteiger partial charge in [0.2, 0.25) is 0 Å². The SMILES string of the molecule is COc1ccccc1CN1CCn2nc(C(=O)NC3CCN(Cc4ccccc4)CC3)cc2C1=O. The Labute approximate surface area is 205 Å². The first kappa shape index (κ1) is 23.1. The van der Waals surface area contributed by atoms with Crippen LogP contribution in [0.25, 0.3) is 0 Å². The fourth-order valence-corrected chi connectivity index (χ4v) is 4.88. The standard InChI is InChI=1S/C27H31N5O3/c1-35-25-10-6-5-9-21(25)19-31-15-16-32-24(27(31)34)17-23(29-32)26(33)28-22-11-13-30(14-12-22)18-20-7-3-2-4-8-20/h2-10,17,22H,11-16,18-19H2,1H3,(H,28,33). The van der Waals surface area contributed by atoms with E-state index in [1.807, 2.05) is 30.3 Å². The van der Waals surface area contributed by atoms with E-state index in [1.165, 1.54) is 5.56 Å². The first-order valence-corrected chi connectivity index (χ1v) is 12.2. The quantitative estimate of drug-likeness (QED) is 0.571. The Hall–Kier alpha value is -3.65. The number of nitrogens with one attached hydrogen (secondary N) is 1. The van der Waals surface area contributed by atoms with Crippen LogP contribution in [-0.2, 0) is 19.6 Å². The van der Waals surface area contributed by atoms with Gasteiger partial charge in [0.15, 0.2) is 5.69 Å². The molecular formula is C27H31N5O3. The van der Waals surface area contributed by atoms with Crippen LogP contribution in [0.2, 0.25) is 0 Å². The van der Waals surface area contributed by atoms with Gasteiger partial charge in [-0.25, -0.2) is 0 Å². The van der Waals surface area contributed by atoms with Crippen LogP contribution < -0.4 is 10.1 Å². The maximum atomic E-state index is 13.1. The number of amides is 2. The monoisotopic (exact) mass is 473 g/mol. The highest BCUT2D eigenvalue weighted by atomic mass is 16.5. The number of hydrogen-bond acceptors (Lipinski definition) is 5. The zero-order chi connectivity index (χ0) is 24.2. The van der Waals surface area contributed by atoms with E-state index in [1.54, 1.807) is 22.8 Å². The lowest BCUT2D eigenvalue weighted by Gasteiger charge is -2.32. The molecule has 0 radical (unpaired) electrons. The summed E-state index contributed by atoms with van der Waals surface area (Å²) in [7, 11) is 1.63. The molecule has 0 unspecified atom stereocenters. The van der Waals surface area contributed by atoms with Gasteiger partial charge in [-0.05, 0) is 24.5 Å². The number of carbonyl (C=O) groups excluding carboxylic acids is 2. The molecule has 3 heterocycles. The van der Waals surface area contributed by atoms with Gasteiger partial charge in [-0.3, -0.25) is 19.2 Å². The van der Waals surface area contributed by atoms with E-state index >= 15 is 0 Å². The number of fused-ring (bicyclic) bond motifs is 1. The number of nitrogens with zero attached hydrogens (tertiary/aromatic N) is 4. The van der Waals surface area contributed by atoms with Crippen LogP contribution in [-0.4, -0.2) is 64.2 Å². The summed E-state index contributed by atoms with van der Waals surface area (Å²) in [5.41, 5.74) is 3.02. The van der Waals surface area contributed by atoms with Gasteiger partial charge < -0.3 is 15.0 Å². The first-order valence-electron chi connectivity index (χ1n) is 12.2. The van der Waals surface area contributed by atoms with Crippen molar-refractivity contribution in [2.24, 2.45) is 0 Å². The van der Waals surface area contributed by atoms with Crippen molar-refractivity contribution < 1.29 is 14.3 Å². The van der Waals surface area contributed by atoms with Crippen molar-refractivity contribution in [3.8, 4) is 5.75 Å². The number of methoxy groups -OCH3 is 1. The maximum Gasteiger partial charge on any atom is 0.272 e. The van der Waals surface area contributed by atoms with Crippen molar-refractivity contribution >= 4 is 11.8 Å². The fraction of sp³-hybridized carbons (Fsp3) is 0.370. The Morgan fingerprint density at radius 3 is 2.51 bits per heavy atom. The number of rotatable bonds is 7. The number of aromatic nitrogens is 2. The molecule has 8 nitrogen and oxygen atoms in total. The molecule has 0 atom stereocenters. The van der Waals surface area contributed by atoms with Gasteiger partial charge in [-0.1, -0.05) is 48.5 Å². The third-order valence-electron chi connectivity index (χ3n) is 6.83. The Kier molecular flexibility index (Phi) is 6.81. The molecule has 2 aromatic carbocycles. The minimum absolute atomic E-state index is 0.117. The zero-order valence-corrected chi connectivity index (χ0v) is 20.0. The molecule has 1 aromatic heterocycles. The molecule has 0 spiro atoms. The van der Waals surface area contributed by atoms with Gasteiger partial charge in [-0.2, -0.15) is 5.10 Å². The minimum atomic E-state index is -0.211. The van der Waals surface area contributed by atoms with Crippen molar-refractivity contribution in [3.63, 3.8) is 0 Å². The van der Waals surface area contributed by atoms with Gasteiger partial charge in [0, 0.05) is 50.4 Å². The average Bonchev–Trinajstić information content (AvgIpc) is 3.33. The summed E-state index contributed by atoms with van der Waals surface area (Å²) in [6.45, 7) is 4.36. The summed E-state index contributed by atoms with van der Waals surface area (Å²) in [5, 5.41) is 7.56. The summed E-state index contributed by atoms with van der Waals surface area (Å²) < 4.78 is 7.08. The second kappa shape index (κ2) is 10.3. The Morgan fingerprint density at radius 1 is 1.00 bits per heavy atom. The number of piperidine rings is 1. The highest BCUT2D eigenvalue weighted by molar-refractivity contribution is 5.98. The molecule has 0 aliphatic carbocycles. The van der Waals surface area contributed by atoms with E-state index in [2.05, 4.69) is 39.6 Å². The summed E-state index contributed by atoms with van der Waals surface area (Å²) >= 11 is 0. The maximum absolute atomic E-state index is 13.1. The molecular weight excluding hydrogens is 442 g/mol. The van der Waals surface area contributed by atoms with Crippen LogP contribution in [0.3, 0.4) is 0 Å². The summed E-state index contributed by atoms with van der Waals surface area (Å²) in [5.74, 6) is 0.426. The number of para-hydroxylation sites is 1. The third-order valence-corrected chi connectivity index (χ3v) is 6.83. The van der Waals surface area contributed by atoms with Gasteiger partial charge in [0.25, 0.3) is 11.8 Å². The summed E-state index contributed by atoms with van der Waals surface area (Å²) in [4.78, 5) is 30.2. The van der Waals surface area contributed by atoms with E-state index in [0.29, 0.717) is 31.0 Å². The largest absolute Gasteiger partial charge is 0.496 e. The Morgan fingerprint density at radius 2 is 1.74 bits per heavy atom. The molecule has 35 heavy (non-hydrogen) atoms. The minimum Gasteiger partial charge on any atom is -0.496 e. The predicted molar refractivity (Wildman–Crippen MR) is 132 cm³/mol. The molecule has 5 rings (SSSR count). The number of carbonyl (C=O) groups is 2. The molecule has 2 aliphatic heterocycles. The highest BCUT2D eigenvalue weighted by Gasteiger charge is 2.29. The molecule has 2 amide bonds. The van der Waals surface area contributed by atoms with Crippen molar-refractivity contribution in [2.45, 2.75) is 38.5 Å². The summed E-state index contributed by atoms with van der Waals surface area (Å²) in [6.07, 6.45) is 1.80. The lowest BCUT2D eigenvalue weighted by molar-refractivity contribution is 0.0681. The highest BCUT2D eigenvalue weighted by Crippen LogP contribution is 2.23. The number of hydrogen-bond donors (Lipinski definition) is 1. The molecule has 2 aliphatic rings. The Balaban J connectivity index is 1.17. The van der Waals surface area contributed by atoms with E-state index in [9.17, 15) is 9.59 Å². The molecule has 1 saturated heterocycles. The molecule has 182 valence electrons. The van der Waals surface area contributed by atoms with Crippen LogP contribution >= 0.6 is 0 Å². The third kappa shape index (κ3) is 5.22. The van der Waals surface area contributed by atoms with Crippen LogP contribution in [0, 0.1) is 0 Å². The molecule has 1 fully saturated rings. The van der Waals surface area contributed by atoms with E-state index in [-0.39, 0.29) is 17.9 Å². The normalized spacial score (nSPS) is 16.7. The van der Waals surface area contributed by atoms with Crippen LogP contribution in [0.4, 0.5) is 0 Å². The van der Waals surface area contributed by atoms with Crippen molar-refractivity contribution in [2.75, 3.05) is 26.7 Å². The lowest BCUT2D eigenvalue weighted by Crippen LogP contribution is -2.44. The molecule has 0 bridgehead atoms. The smallest absolute Gasteiger partial charge is 0.272 e. The Bertz CT molecular complexity index is 1180. The van der Waals surface area contributed by atoms with E-state index < -0.39 is 0 Å². The topological polar surface area (TPSA) is 79.7 Å². The van der Waals surface area contributed by atoms with Crippen LogP contribution in [0.5, 0.6) is 5.75 Å². The van der Waals surface area contributed by atoms with Gasteiger partial charge in [0.1, 0.15) is 11.4 Å². The number of benzene rings is 2. The van der Waals surface area contributed by atoms with Crippen LogP contribution in [0.1, 0.15) is 44.9 Å². The molecule has 8 heteroatoms. The molecule has 0 saturated carbocycles. The predicted octanol–water partition coefficient (Wildman–Crippen LogP) is 2.94. The van der Waals surface area contributed by atoms with Crippen molar-refractivity contribution in [3.05, 3.63) is 83.2 Å². The molecule has 1 N–H and O–H groups in total. The lowest BCUT2D eigenvalue weighted by atomic mass is 10.0. The van der Waals surface area contributed by atoms with E-state index in [4.69, 9.17) is 4.74 Å². The number of likely N-dealkylation sites (tertiary alicyclic amines) is 1. The summed E-state index contributed by atoms with van der Waals surface area (Å²) in [6, 6.07) is 19.9. The van der Waals surface area contributed by atoms with Crippen molar-refractivity contribution in [1.29, 1.82) is 0 Å². The zero-order valence-electron chi connectivity index (χ0n) is 20.0. The van der Waals surface area contributed by atoms with Crippen molar-refractivity contribution in [1.82, 2.24) is 24.9 Å². The van der Waals surface area contributed by atoms with E-state index in [0.717, 1.165) is 43.8 Å². The van der Waals surface area contributed by atoms with Crippen LogP contribution in [0.15, 0.2) is 60.7 Å². The van der Waals surface area contributed by atoms with Gasteiger partial charge in [0.05, 0.1) is 13.7 Å². The van der Waals surface area contributed by atoms with Gasteiger partial charge >= 0.3 is 0 Å². The second-order valence-electron chi connectivity index (χ2n) is 9.19. The fourth-order valence-electron chi connectivity index (χ4n) is 4.88.